The molecule has 0 spiro atoms. The largest absolute Gasteiger partial charge is 0.335 e. The van der Waals surface area contributed by atoms with E-state index in [4.69, 9.17) is 0 Å². The predicted octanol–water partition coefficient (Wildman–Crippen LogP) is 4.76. The Morgan fingerprint density at radius 1 is 0.786 bits per heavy atom. The highest BCUT2D eigenvalue weighted by Gasteiger charge is 2.31. The summed E-state index contributed by atoms with van der Waals surface area (Å²) < 4.78 is 0. The van der Waals surface area contributed by atoms with Crippen molar-refractivity contribution < 1.29 is 9.59 Å². The van der Waals surface area contributed by atoms with Gasteiger partial charge in [0.15, 0.2) is 0 Å². The van der Waals surface area contributed by atoms with Gasteiger partial charge >= 0.3 is 6.03 Å². The van der Waals surface area contributed by atoms with Gasteiger partial charge in [0, 0.05) is 24.7 Å². The Kier molecular flexibility index (Phi) is 8.19. The fourth-order valence-corrected chi connectivity index (χ4v) is 4.38. The number of benzene rings is 1. The molecule has 1 saturated heterocycles. The lowest BCUT2D eigenvalue weighted by molar-refractivity contribution is -0.117. The second kappa shape index (κ2) is 11.1. The monoisotopic (exact) mass is 385 g/mol. The Morgan fingerprint density at radius 2 is 1.32 bits per heavy atom. The van der Waals surface area contributed by atoms with E-state index < -0.39 is 0 Å². The standard InChI is InChI=1S/C23H35N3O2/c27-22-17-20(18-26(22)21-15-11-8-12-16-21)25-23(28)24-19-13-9-6-4-2-1-3-5-7-10-14-19/h8,11-12,15-16,19-20H,1-7,9-10,13-14,17-18H2,(H2,24,25,28). The lowest BCUT2D eigenvalue weighted by Crippen LogP contribution is -2.47. The zero-order valence-electron chi connectivity index (χ0n) is 17.0. The summed E-state index contributed by atoms with van der Waals surface area (Å²) in [6.07, 6.45) is 14.1. The molecule has 0 aromatic heterocycles. The molecule has 2 aliphatic rings. The third-order valence-electron chi connectivity index (χ3n) is 5.97. The molecule has 1 atom stereocenters. The minimum atomic E-state index is -0.126. The van der Waals surface area contributed by atoms with Gasteiger partial charge in [-0.05, 0) is 25.0 Å². The summed E-state index contributed by atoms with van der Waals surface area (Å²) >= 11 is 0. The molecule has 2 fully saturated rings. The van der Waals surface area contributed by atoms with E-state index in [0.29, 0.717) is 13.0 Å². The van der Waals surface area contributed by atoms with Crippen LogP contribution in [0.1, 0.15) is 77.0 Å². The summed E-state index contributed by atoms with van der Waals surface area (Å²) in [5.41, 5.74) is 0.900. The first-order valence-corrected chi connectivity index (χ1v) is 11.1. The van der Waals surface area contributed by atoms with Crippen molar-refractivity contribution in [2.45, 2.75) is 89.1 Å². The molecule has 1 saturated carbocycles. The van der Waals surface area contributed by atoms with Gasteiger partial charge in [-0.1, -0.05) is 76.0 Å². The molecule has 3 rings (SSSR count). The third kappa shape index (κ3) is 6.54. The van der Waals surface area contributed by atoms with Crippen LogP contribution in [0, 0.1) is 0 Å². The van der Waals surface area contributed by atoms with Gasteiger partial charge in [-0.3, -0.25) is 4.79 Å². The Morgan fingerprint density at radius 3 is 1.93 bits per heavy atom. The minimum absolute atomic E-state index is 0.0718. The van der Waals surface area contributed by atoms with Gasteiger partial charge in [0.2, 0.25) is 5.91 Å². The molecule has 1 aliphatic carbocycles. The van der Waals surface area contributed by atoms with Crippen LogP contribution in [0.25, 0.3) is 0 Å². The molecule has 154 valence electrons. The maximum absolute atomic E-state index is 12.5. The number of hydrogen-bond donors (Lipinski definition) is 2. The lowest BCUT2D eigenvalue weighted by atomic mass is 9.98. The Hall–Kier alpha value is -2.04. The molecule has 28 heavy (non-hydrogen) atoms. The Balaban J connectivity index is 1.46. The summed E-state index contributed by atoms with van der Waals surface area (Å²) in [5.74, 6) is 0.0718. The number of amides is 3. The molecular formula is C23H35N3O2. The van der Waals surface area contributed by atoms with Crippen molar-refractivity contribution in [2.75, 3.05) is 11.4 Å². The van der Waals surface area contributed by atoms with E-state index in [1.54, 1.807) is 4.90 Å². The highest BCUT2D eigenvalue weighted by Crippen LogP contribution is 2.21. The van der Waals surface area contributed by atoms with E-state index in [2.05, 4.69) is 10.6 Å². The topological polar surface area (TPSA) is 61.4 Å². The lowest BCUT2D eigenvalue weighted by Gasteiger charge is -2.22. The Bertz CT molecular complexity index is 608. The van der Waals surface area contributed by atoms with Crippen molar-refractivity contribution in [1.82, 2.24) is 10.6 Å². The minimum Gasteiger partial charge on any atom is -0.335 e. The highest BCUT2D eigenvalue weighted by molar-refractivity contribution is 5.96. The number of nitrogens with one attached hydrogen (secondary N) is 2. The normalized spacial score (nSPS) is 22.9. The van der Waals surface area contributed by atoms with Crippen molar-refractivity contribution >= 4 is 17.6 Å². The first-order chi connectivity index (χ1) is 13.7. The zero-order valence-corrected chi connectivity index (χ0v) is 17.0. The number of para-hydroxylation sites is 1. The van der Waals surface area contributed by atoms with E-state index in [1.807, 2.05) is 30.3 Å². The van der Waals surface area contributed by atoms with E-state index in [0.717, 1.165) is 18.5 Å². The molecule has 1 unspecified atom stereocenters. The number of nitrogens with zero attached hydrogens (tertiary/aromatic N) is 1. The fourth-order valence-electron chi connectivity index (χ4n) is 4.38. The number of carbonyl (C=O) groups is 2. The van der Waals surface area contributed by atoms with E-state index in [-0.39, 0.29) is 24.0 Å². The Labute approximate surface area is 169 Å². The van der Waals surface area contributed by atoms with Crippen LogP contribution < -0.4 is 15.5 Å². The van der Waals surface area contributed by atoms with Crippen molar-refractivity contribution in [3.05, 3.63) is 30.3 Å². The number of hydrogen-bond acceptors (Lipinski definition) is 2. The van der Waals surface area contributed by atoms with Crippen LogP contribution in [0.5, 0.6) is 0 Å². The van der Waals surface area contributed by atoms with Crippen molar-refractivity contribution in [2.24, 2.45) is 0 Å². The molecule has 5 heteroatoms. The van der Waals surface area contributed by atoms with Crippen LogP contribution in [0.2, 0.25) is 0 Å². The molecule has 1 aromatic carbocycles. The second-order valence-electron chi connectivity index (χ2n) is 8.31. The van der Waals surface area contributed by atoms with Gasteiger partial charge < -0.3 is 15.5 Å². The summed E-state index contributed by atoms with van der Waals surface area (Å²) in [7, 11) is 0. The van der Waals surface area contributed by atoms with Crippen molar-refractivity contribution in [3.63, 3.8) is 0 Å². The van der Waals surface area contributed by atoms with E-state index in [1.165, 1.54) is 57.8 Å². The van der Waals surface area contributed by atoms with Crippen molar-refractivity contribution in [3.8, 4) is 0 Å². The van der Waals surface area contributed by atoms with Crippen LogP contribution in [-0.4, -0.2) is 30.6 Å². The molecule has 1 heterocycles. The molecular weight excluding hydrogens is 350 g/mol. The van der Waals surface area contributed by atoms with Crippen molar-refractivity contribution in [1.29, 1.82) is 0 Å². The maximum atomic E-state index is 12.5. The van der Waals surface area contributed by atoms with Crippen LogP contribution in [-0.2, 0) is 4.79 Å². The SMILES string of the molecule is O=C(NC1CCCCCCCCCCC1)NC1CC(=O)N(c2ccccc2)C1. The highest BCUT2D eigenvalue weighted by atomic mass is 16.2. The molecule has 1 aliphatic heterocycles. The summed E-state index contributed by atoms with van der Waals surface area (Å²) in [5, 5.41) is 6.22. The maximum Gasteiger partial charge on any atom is 0.315 e. The summed E-state index contributed by atoms with van der Waals surface area (Å²) in [4.78, 5) is 26.6. The van der Waals surface area contributed by atoms with Gasteiger partial charge in [-0.2, -0.15) is 0 Å². The van der Waals surface area contributed by atoms with Gasteiger partial charge in [0.05, 0.1) is 6.04 Å². The average molecular weight is 386 g/mol. The zero-order chi connectivity index (χ0) is 19.6. The molecule has 1 aromatic rings. The molecule has 0 radical (unpaired) electrons. The van der Waals surface area contributed by atoms with Crippen LogP contribution >= 0.6 is 0 Å². The number of carbonyl (C=O) groups excluding carboxylic acids is 2. The van der Waals surface area contributed by atoms with Gasteiger partial charge in [0.1, 0.15) is 0 Å². The second-order valence-corrected chi connectivity index (χ2v) is 8.31. The van der Waals surface area contributed by atoms with Crippen LogP contribution in [0.4, 0.5) is 10.5 Å². The molecule has 3 amide bonds. The first-order valence-electron chi connectivity index (χ1n) is 11.1. The van der Waals surface area contributed by atoms with Gasteiger partial charge in [-0.15, -0.1) is 0 Å². The summed E-state index contributed by atoms with van der Waals surface area (Å²) in [6, 6.07) is 9.68. The van der Waals surface area contributed by atoms with Gasteiger partial charge in [-0.25, -0.2) is 4.79 Å². The molecule has 5 nitrogen and oxygen atoms in total. The van der Waals surface area contributed by atoms with E-state index in [9.17, 15) is 9.59 Å². The number of anilines is 1. The summed E-state index contributed by atoms with van der Waals surface area (Å²) in [6.45, 7) is 0.543. The fraction of sp³-hybridized carbons (Fsp3) is 0.652. The van der Waals surface area contributed by atoms with Crippen LogP contribution in [0.3, 0.4) is 0 Å². The number of urea groups is 1. The third-order valence-corrected chi connectivity index (χ3v) is 5.97. The van der Waals surface area contributed by atoms with Gasteiger partial charge in [0.25, 0.3) is 0 Å². The average Bonchev–Trinajstić information content (AvgIpc) is 3.04. The first kappa shape index (κ1) is 20.7. The van der Waals surface area contributed by atoms with E-state index >= 15 is 0 Å². The smallest absolute Gasteiger partial charge is 0.315 e. The molecule has 0 bridgehead atoms. The number of rotatable bonds is 3. The quantitative estimate of drug-likeness (QED) is 0.788. The predicted molar refractivity (Wildman–Crippen MR) is 113 cm³/mol. The van der Waals surface area contributed by atoms with Crippen LogP contribution in [0.15, 0.2) is 30.3 Å². The molecule has 2 N–H and O–H groups in total.